The number of carbonyl (C=O) groups is 1. The van der Waals surface area contributed by atoms with E-state index in [1.807, 2.05) is 43.7 Å². The number of nitrogens with one attached hydrogen (secondary N) is 2. The molecule has 0 fully saturated rings. The molecule has 0 saturated heterocycles. The van der Waals surface area contributed by atoms with Crippen LogP contribution in [-0.4, -0.2) is 39.4 Å². The number of benzene rings is 1. The van der Waals surface area contributed by atoms with Gasteiger partial charge in [-0.1, -0.05) is 13.8 Å². The van der Waals surface area contributed by atoms with Crippen LogP contribution in [-0.2, 0) is 6.54 Å². The number of ether oxygens (including phenoxy) is 1. The van der Waals surface area contributed by atoms with Gasteiger partial charge >= 0.3 is 0 Å². The van der Waals surface area contributed by atoms with Gasteiger partial charge in [0, 0.05) is 24.3 Å². The van der Waals surface area contributed by atoms with E-state index in [2.05, 4.69) is 34.6 Å². The van der Waals surface area contributed by atoms with Gasteiger partial charge in [-0.15, -0.1) is 5.10 Å². The first kappa shape index (κ1) is 25.2. The fourth-order valence-electron chi connectivity index (χ4n) is 3.81. The van der Waals surface area contributed by atoms with Crippen molar-refractivity contribution in [3.8, 4) is 5.88 Å². The van der Waals surface area contributed by atoms with Gasteiger partial charge in [-0.3, -0.25) is 9.48 Å². The molecule has 0 aliphatic heterocycles. The Kier molecular flexibility index (Phi) is 7.93. The van der Waals surface area contributed by atoms with Crippen molar-refractivity contribution in [2.75, 3.05) is 17.2 Å². The predicted octanol–water partition coefficient (Wildman–Crippen LogP) is 4.01. The molecule has 1 aromatic carbocycles. The number of carbonyl (C=O) groups excluding carboxylic acids is 1. The normalized spacial score (nSPS) is 13.2. The number of nitrogens with zero attached hydrogens (tertiary/aromatic N) is 3. The predicted molar refractivity (Wildman–Crippen MR) is 133 cm³/mol. The Morgan fingerprint density at radius 2 is 1.94 bits per heavy atom. The molecule has 34 heavy (non-hydrogen) atoms. The number of hydrogen-bond acceptors (Lipinski definition) is 7. The molecule has 1 amide bonds. The number of primary amides is 1. The first-order chi connectivity index (χ1) is 16.1. The zero-order chi connectivity index (χ0) is 25.0. The fourth-order valence-corrected chi connectivity index (χ4v) is 3.81. The molecule has 0 bridgehead atoms. The first-order valence-electron chi connectivity index (χ1n) is 11.6. The van der Waals surface area contributed by atoms with Crippen LogP contribution in [0.1, 0.15) is 51.4 Å². The second-order valence-electron chi connectivity index (χ2n) is 8.73. The van der Waals surface area contributed by atoms with Gasteiger partial charge in [0.25, 0.3) is 5.91 Å². The van der Waals surface area contributed by atoms with E-state index in [1.54, 1.807) is 0 Å². The average molecular weight is 472 g/mol. The Balaban J connectivity index is 2.01. The van der Waals surface area contributed by atoms with E-state index in [9.17, 15) is 9.18 Å². The van der Waals surface area contributed by atoms with Crippen molar-refractivity contribution in [1.29, 1.82) is 0 Å². The smallest absolute Gasteiger partial charge is 0.252 e. The molecular formula is C24H34FN7O2. The van der Waals surface area contributed by atoms with E-state index in [0.717, 1.165) is 23.4 Å². The van der Waals surface area contributed by atoms with Crippen LogP contribution >= 0.6 is 0 Å². The lowest BCUT2D eigenvalue weighted by Gasteiger charge is -2.25. The van der Waals surface area contributed by atoms with Gasteiger partial charge in [-0.05, 0) is 57.4 Å². The highest BCUT2D eigenvalue weighted by molar-refractivity contribution is 5.99. The van der Waals surface area contributed by atoms with Crippen molar-refractivity contribution >= 4 is 34.1 Å². The summed E-state index contributed by atoms with van der Waals surface area (Å²) >= 11 is 0. The Labute approximate surface area is 199 Å². The number of anilines is 3. The van der Waals surface area contributed by atoms with Gasteiger partial charge in [0.1, 0.15) is 5.82 Å². The molecule has 184 valence electrons. The molecule has 3 rings (SSSR count). The summed E-state index contributed by atoms with van der Waals surface area (Å²) in [6, 6.07) is 6.25. The summed E-state index contributed by atoms with van der Waals surface area (Å²) in [5, 5.41) is 11.5. The highest BCUT2D eigenvalue weighted by Crippen LogP contribution is 2.31. The van der Waals surface area contributed by atoms with Crippen molar-refractivity contribution in [3.05, 3.63) is 35.6 Å². The second kappa shape index (κ2) is 10.7. The molecule has 9 nitrogen and oxygen atoms in total. The number of amides is 1. The Morgan fingerprint density at radius 1 is 1.21 bits per heavy atom. The Hall–Kier alpha value is -3.40. The van der Waals surface area contributed by atoms with Gasteiger partial charge in [0.2, 0.25) is 5.88 Å². The largest absolute Gasteiger partial charge is 0.476 e. The third-order valence-electron chi connectivity index (χ3n) is 5.48. The summed E-state index contributed by atoms with van der Waals surface area (Å²) in [7, 11) is 0. The Morgan fingerprint density at radius 3 is 2.53 bits per heavy atom. The van der Waals surface area contributed by atoms with Crippen LogP contribution in [0, 0.1) is 11.7 Å². The third kappa shape index (κ3) is 5.56. The van der Waals surface area contributed by atoms with E-state index in [1.165, 1.54) is 0 Å². The molecule has 0 saturated carbocycles. The van der Waals surface area contributed by atoms with Gasteiger partial charge < -0.3 is 26.8 Å². The van der Waals surface area contributed by atoms with Crippen molar-refractivity contribution in [2.24, 2.45) is 17.4 Å². The number of fused-ring (bicyclic) bond motifs is 1. The molecule has 2 atom stereocenters. The maximum absolute atomic E-state index is 14.8. The van der Waals surface area contributed by atoms with Gasteiger partial charge in [0.15, 0.2) is 11.6 Å². The monoisotopic (exact) mass is 471 g/mol. The summed E-state index contributed by atoms with van der Waals surface area (Å²) < 4.78 is 22.4. The maximum Gasteiger partial charge on any atom is 0.252 e. The average Bonchev–Trinajstić information content (AvgIpc) is 3.12. The quantitative estimate of drug-likeness (QED) is 0.332. The summed E-state index contributed by atoms with van der Waals surface area (Å²) in [6.45, 7) is 11.0. The molecule has 3 aromatic rings. The van der Waals surface area contributed by atoms with Gasteiger partial charge in [-0.2, -0.15) is 0 Å². The zero-order valence-corrected chi connectivity index (χ0v) is 20.4. The molecule has 6 N–H and O–H groups in total. The summed E-state index contributed by atoms with van der Waals surface area (Å²) in [5.74, 6) is -0.450. The fraction of sp³-hybridized carbons (Fsp3) is 0.458. The lowest BCUT2D eigenvalue weighted by Crippen LogP contribution is -2.39. The van der Waals surface area contributed by atoms with Gasteiger partial charge in [0.05, 0.1) is 23.1 Å². The summed E-state index contributed by atoms with van der Waals surface area (Å²) in [4.78, 5) is 16.4. The molecule has 2 heterocycles. The van der Waals surface area contributed by atoms with Crippen LogP contribution in [0.15, 0.2) is 24.3 Å². The van der Waals surface area contributed by atoms with Crippen LogP contribution < -0.4 is 26.8 Å². The molecular weight excluding hydrogens is 437 g/mol. The van der Waals surface area contributed by atoms with E-state index < -0.39 is 11.7 Å². The van der Waals surface area contributed by atoms with Crippen LogP contribution in [0.2, 0.25) is 0 Å². The number of pyridine rings is 1. The number of aryl methyl sites for hydroxylation is 1. The minimum atomic E-state index is -0.791. The number of hydrogen-bond donors (Lipinski definition) is 4. The van der Waals surface area contributed by atoms with E-state index in [4.69, 9.17) is 16.2 Å². The lowest BCUT2D eigenvalue weighted by molar-refractivity contribution is 0.100. The van der Waals surface area contributed by atoms with Crippen molar-refractivity contribution in [1.82, 2.24) is 14.8 Å². The van der Waals surface area contributed by atoms with E-state index >= 15 is 0 Å². The van der Waals surface area contributed by atoms with Crippen LogP contribution in [0.25, 0.3) is 10.9 Å². The third-order valence-corrected chi connectivity index (χ3v) is 5.48. The number of rotatable bonds is 11. The van der Waals surface area contributed by atoms with Crippen LogP contribution in [0.3, 0.4) is 0 Å². The maximum atomic E-state index is 14.8. The number of nitrogens with two attached hydrogens (primary N) is 2. The molecule has 10 heteroatoms. The first-order valence-corrected chi connectivity index (χ1v) is 11.6. The number of aromatic nitrogens is 3. The van der Waals surface area contributed by atoms with Crippen molar-refractivity contribution < 1.29 is 13.9 Å². The molecule has 0 aliphatic rings. The minimum Gasteiger partial charge on any atom is -0.476 e. The molecule has 0 radical (unpaired) electrons. The summed E-state index contributed by atoms with van der Waals surface area (Å²) in [6.07, 6.45) is 0.734. The highest BCUT2D eigenvalue weighted by atomic mass is 19.1. The SMILES string of the molecule is CCOc1nn(CC)c2ccc(Nc3nc(NC(CC(C)C)C(C)N)c(F)cc3C(N)=O)cc12. The standard InChI is InChI=1S/C24H34FN7O2/c1-6-32-20-9-8-15(11-16(20)24(31-32)34-7-2)28-22-17(21(27)33)12-18(25)23(30-22)29-19(14(5)26)10-13(3)4/h8-9,11-14,19H,6-7,10,26H2,1-5H3,(H2,27,33)(H2,28,29,30). The minimum absolute atomic E-state index is 0.00494. The van der Waals surface area contributed by atoms with E-state index in [-0.39, 0.29) is 29.3 Å². The molecule has 2 unspecified atom stereocenters. The van der Waals surface area contributed by atoms with Crippen LogP contribution in [0.5, 0.6) is 5.88 Å². The number of halogens is 1. The topological polar surface area (TPSA) is 133 Å². The molecule has 2 aromatic heterocycles. The summed E-state index contributed by atoms with van der Waals surface area (Å²) in [5.41, 5.74) is 13.1. The highest BCUT2D eigenvalue weighted by Gasteiger charge is 2.21. The molecule has 0 spiro atoms. The lowest BCUT2D eigenvalue weighted by atomic mass is 9.99. The zero-order valence-electron chi connectivity index (χ0n) is 20.4. The second-order valence-corrected chi connectivity index (χ2v) is 8.73. The van der Waals surface area contributed by atoms with Crippen molar-refractivity contribution in [3.63, 3.8) is 0 Å². The van der Waals surface area contributed by atoms with E-state index in [0.29, 0.717) is 30.6 Å². The van der Waals surface area contributed by atoms with Crippen LogP contribution in [0.4, 0.5) is 21.7 Å². The Bertz CT molecular complexity index is 1160. The van der Waals surface area contributed by atoms with Gasteiger partial charge in [-0.25, -0.2) is 9.37 Å². The molecule has 0 aliphatic carbocycles. The van der Waals surface area contributed by atoms with Crippen molar-refractivity contribution in [2.45, 2.75) is 59.7 Å².